The van der Waals surface area contributed by atoms with Crippen molar-refractivity contribution < 1.29 is 18.7 Å². The highest BCUT2D eigenvalue weighted by Crippen LogP contribution is 2.38. The Bertz CT molecular complexity index is 1020. The number of aromatic amines is 1. The quantitative estimate of drug-likeness (QED) is 0.709. The zero-order valence-corrected chi connectivity index (χ0v) is 15.9. The van der Waals surface area contributed by atoms with Crippen LogP contribution in [0.15, 0.2) is 48.8 Å². The van der Waals surface area contributed by atoms with Crippen molar-refractivity contribution >= 4 is 5.91 Å². The molecule has 0 fully saturated rings. The largest absolute Gasteiger partial charge is 0.394 e. The Balaban J connectivity index is 1.70. The molecule has 1 aromatic heterocycles. The molecule has 7 heteroatoms. The highest BCUT2D eigenvalue weighted by Gasteiger charge is 2.36. The number of hydrogen-bond acceptors (Lipinski definition) is 3. The number of nitrogens with one attached hydrogen (secondary N) is 1. The van der Waals surface area contributed by atoms with Crippen molar-refractivity contribution in [1.29, 1.82) is 0 Å². The van der Waals surface area contributed by atoms with Gasteiger partial charge >= 0.3 is 0 Å². The van der Waals surface area contributed by atoms with Gasteiger partial charge in [-0.05, 0) is 42.2 Å². The number of nitrogens with zero attached hydrogens (tertiary/aromatic N) is 2. The van der Waals surface area contributed by atoms with E-state index in [4.69, 9.17) is 0 Å². The summed E-state index contributed by atoms with van der Waals surface area (Å²) >= 11 is 0. The SMILES string of the molecule is C[C@H]1c2cccc(-c3cn[nH]c3)c2C[C@H](CO)N1C(=O)Cc1c(F)cccc1F. The monoisotopic (exact) mass is 397 g/mol. The summed E-state index contributed by atoms with van der Waals surface area (Å²) in [5.74, 6) is -1.91. The van der Waals surface area contributed by atoms with Gasteiger partial charge in [-0.25, -0.2) is 8.78 Å². The molecule has 2 heterocycles. The Morgan fingerprint density at radius 2 is 1.97 bits per heavy atom. The van der Waals surface area contributed by atoms with Crippen LogP contribution in [-0.2, 0) is 17.6 Å². The van der Waals surface area contributed by atoms with E-state index in [9.17, 15) is 18.7 Å². The normalized spacial score (nSPS) is 18.6. The van der Waals surface area contributed by atoms with Crippen LogP contribution in [0.2, 0.25) is 0 Å². The molecule has 5 nitrogen and oxygen atoms in total. The van der Waals surface area contributed by atoms with Crippen molar-refractivity contribution in [2.24, 2.45) is 0 Å². The van der Waals surface area contributed by atoms with Crippen LogP contribution >= 0.6 is 0 Å². The van der Waals surface area contributed by atoms with Crippen LogP contribution in [0.25, 0.3) is 11.1 Å². The Labute approximate surface area is 167 Å². The number of benzene rings is 2. The van der Waals surface area contributed by atoms with Gasteiger partial charge in [-0.2, -0.15) is 5.10 Å². The highest BCUT2D eigenvalue weighted by atomic mass is 19.1. The summed E-state index contributed by atoms with van der Waals surface area (Å²) in [6.07, 6.45) is 3.58. The Kier molecular flexibility index (Phi) is 5.15. The second kappa shape index (κ2) is 7.75. The molecule has 3 aromatic rings. The van der Waals surface area contributed by atoms with Crippen molar-refractivity contribution in [3.63, 3.8) is 0 Å². The average molecular weight is 397 g/mol. The Morgan fingerprint density at radius 1 is 1.24 bits per heavy atom. The molecule has 0 aliphatic carbocycles. The van der Waals surface area contributed by atoms with Crippen molar-refractivity contribution in [1.82, 2.24) is 15.1 Å². The predicted octanol–water partition coefficient (Wildman–Crippen LogP) is 3.40. The molecule has 0 spiro atoms. The molecule has 2 atom stereocenters. The number of aromatic nitrogens is 2. The minimum Gasteiger partial charge on any atom is -0.394 e. The molecule has 2 N–H and O–H groups in total. The lowest BCUT2D eigenvalue weighted by Gasteiger charge is -2.42. The first kappa shape index (κ1) is 19.3. The fraction of sp³-hybridized carbons (Fsp3) is 0.273. The third-order valence-corrected chi connectivity index (χ3v) is 5.61. The maximum absolute atomic E-state index is 14.0. The second-order valence-corrected chi connectivity index (χ2v) is 7.25. The first-order chi connectivity index (χ1) is 14.0. The Hall–Kier alpha value is -3.06. The van der Waals surface area contributed by atoms with E-state index in [0.29, 0.717) is 6.42 Å². The molecule has 0 bridgehead atoms. The van der Waals surface area contributed by atoms with E-state index in [1.807, 2.05) is 25.1 Å². The van der Waals surface area contributed by atoms with E-state index in [1.165, 1.54) is 6.07 Å². The third kappa shape index (κ3) is 3.42. The van der Waals surface area contributed by atoms with Crippen molar-refractivity contribution in [2.75, 3.05) is 6.61 Å². The summed E-state index contributed by atoms with van der Waals surface area (Å²) in [4.78, 5) is 14.6. The van der Waals surface area contributed by atoms with E-state index < -0.39 is 30.0 Å². The van der Waals surface area contributed by atoms with Gasteiger partial charge in [0.1, 0.15) is 11.6 Å². The summed E-state index contributed by atoms with van der Waals surface area (Å²) in [5.41, 5.74) is 3.67. The zero-order chi connectivity index (χ0) is 20.5. The molecule has 4 rings (SSSR count). The minimum absolute atomic E-state index is 0.241. The van der Waals surface area contributed by atoms with E-state index in [0.717, 1.165) is 34.4 Å². The summed E-state index contributed by atoms with van der Waals surface area (Å²) < 4.78 is 28.1. The van der Waals surface area contributed by atoms with Crippen LogP contribution in [0.5, 0.6) is 0 Å². The number of rotatable bonds is 4. The number of amides is 1. The third-order valence-electron chi connectivity index (χ3n) is 5.61. The van der Waals surface area contributed by atoms with E-state index in [1.54, 1.807) is 17.3 Å². The van der Waals surface area contributed by atoms with Crippen LogP contribution in [0.1, 0.15) is 29.7 Å². The smallest absolute Gasteiger partial charge is 0.228 e. The fourth-order valence-electron chi connectivity index (χ4n) is 4.21. The standard InChI is InChI=1S/C22H21F2N3O2/c1-13-16-4-2-5-17(14-10-25-26-11-14)18(16)8-15(12-28)27(13)22(29)9-19-20(23)6-3-7-21(19)24/h2-7,10-11,13,15,28H,8-9,12H2,1H3,(H,25,26)/t13-,15+/m0/s1. The van der Waals surface area contributed by atoms with Gasteiger partial charge in [0.2, 0.25) is 5.91 Å². The summed E-state index contributed by atoms with van der Waals surface area (Å²) in [7, 11) is 0. The highest BCUT2D eigenvalue weighted by molar-refractivity contribution is 5.81. The first-order valence-electron chi connectivity index (χ1n) is 9.47. The molecular weight excluding hydrogens is 376 g/mol. The number of fused-ring (bicyclic) bond motifs is 1. The molecule has 1 amide bonds. The number of H-pyrrole nitrogens is 1. The molecule has 150 valence electrons. The first-order valence-corrected chi connectivity index (χ1v) is 9.47. The van der Waals surface area contributed by atoms with Gasteiger partial charge in [-0.3, -0.25) is 9.89 Å². The molecule has 2 aromatic carbocycles. The van der Waals surface area contributed by atoms with Gasteiger partial charge in [0.05, 0.1) is 31.3 Å². The van der Waals surface area contributed by atoms with Crippen molar-refractivity contribution in [3.05, 3.63) is 77.1 Å². The van der Waals surface area contributed by atoms with Gasteiger partial charge in [0.15, 0.2) is 0 Å². The molecule has 0 unspecified atom stereocenters. The van der Waals surface area contributed by atoms with Crippen LogP contribution < -0.4 is 0 Å². The van der Waals surface area contributed by atoms with Gasteiger partial charge in [0, 0.05) is 17.3 Å². The lowest BCUT2D eigenvalue weighted by Crippen LogP contribution is -2.49. The Morgan fingerprint density at radius 3 is 2.62 bits per heavy atom. The number of carbonyl (C=O) groups is 1. The number of aliphatic hydroxyl groups is 1. The summed E-state index contributed by atoms with van der Waals surface area (Å²) in [6, 6.07) is 8.57. The fourth-order valence-corrected chi connectivity index (χ4v) is 4.21. The molecule has 1 aliphatic heterocycles. The minimum atomic E-state index is -0.744. The molecule has 0 saturated heterocycles. The van der Waals surface area contributed by atoms with E-state index in [2.05, 4.69) is 10.2 Å². The van der Waals surface area contributed by atoms with Crippen LogP contribution in [0.4, 0.5) is 8.78 Å². The average Bonchev–Trinajstić information content (AvgIpc) is 3.24. The van der Waals surface area contributed by atoms with Crippen LogP contribution in [0.3, 0.4) is 0 Å². The molecular formula is C22H21F2N3O2. The van der Waals surface area contributed by atoms with Gasteiger partial charge in [0.25, 0.3) is 0 Å². The number of carbonyl (C=O) groups excluding carboxylic acids is 1. The predicted molar refractivity (Wildman–Crippen MR) is 104 cm³/mol. The number of halogens is 2. The number of hydrogen-bond donors (Lipinski definition) is 2. The summed E-state index contributed by atoms with van der Waals surface area (Å²) in [6.45, 7) is 1.63. The summed E-state index contributed by atoms with van der Waals surface area (Å²) in [5, 5.41) is 16.8. The van der Waals surface area contributed by atoms with Gasteiger partial charge in [-0.15, -0.1) is 0 Å². The van der Waals surface area contributed by atoms with E-state index in [-0.39, 0.29) is 18.2 Å². The second-order valence-electron chi connectivity index (χ2n) is 7.25. The van der Waals surface area contributed by atoms with Crippen molar-refractivity contribution in [2.45, 2.75) is 31.8 Å². The van der Waals surface area contributed by atoms with Crippen molar-refractivity contribution in [3.8, 4) is 11.1 Å². The topological polar surface area (TPSA) is 69.2 Å². The zero-order valence-electron chi connectivity index (χ0n) is 15.9. The maximum Gasteiger partial charge on any atom is 0.228 e. The lowest BCUT2D eigenvalue weighted by atomic mass is 9.84. The van der Waals surface area contributed by atoms with Crippen LogP contribution in [0, 0.1) is 11.6 Å². The maximum atomic E-state index is 14.0. The molecule has 0 saturated carbocycles. The van der Waals surface area contributed by atoms with Gasteiger partial charge < -0.3 is 10.0 Å². The molecule has 29 heavy (non-hydrogen) atoms. The lowest BCUT2D eigenvalue weighted by molar-refractivity contribution is -0.137. The molecule has 1 aliphatic rings. The van der Waals surface area contributed by atoms with Crippen LogP contribution in [-0.4, -0.2) is 38.8 Å². The van der Waals surface area contributed by atoms with E-state index >= 15 is 0 Å². The molecule has 0 radical (unpaired) electrons. The number of aliphatic hydroxyl groups excluding tert-OH is 1. The van der Waals surface area contributed by atoms with Gasteiger partial charge in [-0.1, -0.05) is 24.3 Å².